The van der Waals surface area contributed by atoms with Gasteiger partial charge in [-0.15, -0.1) is 0 Å². The number of nitrogens with one attached hydrogen (secondary N) is 1. The van der Waals surface area contributed by atoms with Crippen LogP contribution < -0.4 is 5.43 Å². The second kappa shape index (κ2) is 8.86. The molecule has 0 aliphatic carbocycles. The molecule has 3 rings (SSSR count). The number of carbonyl (C=O) groups is 1. The minimum absolute atomic E-state index is 0.0753. The lowest BCUT2D eigenvalue weighted by Crippen LogP contribution is -2.47. The Morgan fingerprint density at radius 3 is 2.63 bits per heavy atom. The molecule has 27 heavy (non-hydrogen) atoms. The van der Waals surface area contributed by atoms with E-state index in [-0.39, 0.29) is 34.7 Å². The summed E-state index contributed by atoms with van der Waals surface area (Å²) in [6, 6.07) is 3.56. The predicted molar refractivity (Wildman–Crippen MR) is 101 cm³/mol. The standard InChI is InChI=1S/C18H25ClFN3O3S/c19-15-6-7-17(16(20)12-15)27(25,26)23-10-4-5-14(13-23)11-18(24)21-22-8-2-1-3-9-22/h6-7,12,14H,1-5,8-11,13H2,(H,21,24). The highest BCUT2D eigenvalue weighted by Gasteiger charge is 2.33. The van der Waals surface area contributed by atoms with Gasteiger partial charge in [0.15, 0.2) is 0 Å². The third kappa shape index (κ3) is 5.19. The molecule has 2 heterocycles. The van der Waals surface area contributed by atoms with Crippen molar-refractivity contribution in [3.8, 4) is 0 Å². The zero-order chi connectivity index (χ0) is 19.4. The first-order valence-corrected chi connectivity index (χ1v) is 11.2. The summed E-state index contributed by atoms with van der Waals surface area (Å²) in [6.07, 6.45) is 5.03. The summed E-state index contributed by atoms with van der Waals surface area (Å²) in [7, 11) is -3.95. The number of piperidine rings is 2. The van der Waals surface area contributed by atoms with Crippen molar-refractivity contribution in [2.24, 2.45) is 5.92 Å². The van der Waals surface area contributed by atoms with Gasteiger partial charge in [-0.05, 0) is 49.8 Å². The highest BCUT2D eigenvalue weighted by Crippen LogP contribution is 2.28. The van der Waals surface area contributed by atoms with Crippen LogP contribution in [0.5, 0.6) is 0 Å². The molecule has 9 heteroatoms. The number of benzene rings is 1. The number of hydrogen-bond donors (Lipinski definition) is 1. The predicted octanol–water partition coefficient (Wildman–Crippen LogP) is 2.79. The smallest absolute Gasteiger partial charge is 0.245 e. The normalized spacial score (nSPS) is 22.5. The van der Waals surface area contributed by atoms with Crippen LogP contribution in [0.3, 0.4) is 0 Å². The quantitative estimate of drug-likeness (QED) is 0.799. The molecule has 0 bridgehead atoms. The SMILES string of the molecule is O=C(CC1CCCN(S(=O)(=O)c2ccc(Cl)cc2F)C1)NN1CCCCC1. The fourth-order valence-corrected chi connectivity index (χ4v) is 5.48. The summed E-state index contributed by atoms with van der Waals surface area (Å²) >= 11 is 5.72. The Hall–Kier alpha value is -1.22. The first-order valence-electron chi connectivity index (χ1n) is 9.36. The first-order chi connectivity index (χ1) is 12.9. The average molecular weight is 418 g/mol. The number of rotatable bonds is 5. The Balaban J connectivity index is 1.62. The molecule has 1 aromatic carbocycles. The molecule has 0 saturated carbocycles. The second-order valence-corrected chi connectivity index (χ2v) is 9.58. The van der Waals surface area contributed by atoms with Crippen LogP contribution in [0, 0.1) is 11.7 Å². The molecule has 1 amide bonds. The van der Waals surface area contributed by atoms with Crippen molar-refractivity contribution in [3.05, 3.63) is 29.0 Å². The van der Waals surface area contributed by atoms with Gasteiger partial charge in [-0.3, -0.25) is 10.2 Å². The molecule has 2 aliphatic heterocycles. The lowest BCUT2D eigenvalue weighted by atomic mass is 9.96. The Bertz CT molecular complexity index is 784. The van der Waals surface area contributed by atoms with Gasteiger partial charge in [0.2, 0.25) is 15.9 Å². The second-order valence-electron chi connectivity index (χ2n) is 7.23. The maximum Gasteiger partial charge on any atom is 0.245 e. The summed E-state index contributed by atoms with van der Waals surface area (Å²) in [5.41, 5.74) is 2.92. The van der Waals surface area contributed by atoms with Gasteiger partial charge in [0.25, 0.3) is 0 Å². The molecule has 6 nitrogen and oxygen atoms in total. The maximum atomic E-state index is 14.1. The number of hydrazine groups is 1. The van der Waals surface area contributed by atoms with Crippen molar-refractivity contribution in [3.63, 3.8) is 0 Å². The topological polar surface area (TPSA) is 69.7 Å². The number of carbonyl (C=O) groups excluding carboxylic acids is 1. The fourth-order valence-electron chi connectivity index (χ4n) is 3.73. The molecular formula is C18H25ClFN3O3S. The van der Waals surface area contributed by atoms with Crippen molar-refractivity contribution in [2.45, 2.75) is 43.4 Å². The van der Waals surface area contributed by atoms with Gasteiger partial charge in [0, 0.05) is 37.6 Å². The molecule has 0 radical (unpaired) electrons. The lowest BCUT2D eigenvalue weighted by Gasteiger charge is -2.32. The molecule has 150 valence electrons. The molecule has 1 atom stereocenters. The van der Waals surface area contributed by atoms with E-state index in [9.17, 15) is 17.6 Å². The van der Waals surface area contributed by atoms with Gasteiger partial charge in [0.05, 0.1) is 0 Å². The molecule has 2 fully saturated rings. The van der Waals surface area contributed by atoms with Crippen LogP contribution in [0.1, 0.15) is 38.5 Å². The van der Waals surface area contributed by atoms with Gasteiger partial charge >= 0.3 is 0 Å². The number of sulfonamides is 1. The van der Waals surface area contributed by atoms with Gasteiger partial charge < -0.3 is 0 Å². The van der Waals surface area contributed by atoms with Crippen LogP contribution in [0.2, 0.25) is 5.02 Å². The van der Waals surface area contributed by atoms with Crippen LogP contribution >= 0.6 is 11.6 Å². The van der Waals surface area contributed by atoms with E-state index < -0.39 is 15.8 Å². The summed E-state index contributed by atoms with van der Waals surface area (Å²) in [5, 5.41) is 2.09. The van der Waals surface area contributed by atoms with Gasteiger partial charge in [-0.1, -0.05) is 18.0 Å². The lowest BCUT2D eigenvalue weighted by molar-refractivity contribution is -0.127. The molecular weight excluding hydrogens is 393 g/mol. The van der Waals surface area contributed by atoms with E-state index in [1.807, 2.05) is 5.01 Å². The highest BCUT2D eigenvalue weighted by molar-refractivity contribution is 7.89. The Morgan fingerprint density at radius 2 is 1.93 bits per heavy atom. The molecule has 1 N–H and O–H groups in total. The molecule has 0 aromatic heterocycles. The van der Waals surface area contributed by atoms with Crippen LogP contribution in [-0.4, -0.2) is 49.8 Å². The zero-order valence-corrected chi connectivity index (χ0v) is 16.7. The Kier molecular flexibility index (Phi) is 6.73. The van der Waals surface area contributed by atoms with E-state index in [1.54, 1.807) is 0 Å². The summed E-state index contributed by atoms with van der Waals surface area (Å²) < 4.78 is 41.0. The summed E-state index contributed by atoms with van der Waals surface area (Å²) in [4.78, 5) is 11.9. The van der Waals surface area contributed by atoms with Crippen molar-refractivity contribution in [1.29, 1.82) is 0 Å². The van der Waals surface area contributed by atoms with Crippen molar-refractivity contribution in [2.75, 3.05) is 26.2 Å². The largest absolute Gasteiger partial charge is 0.289 e. The van der Waals surface area contributed by atoms with Crippen LogP contribution in [-0.2, 0) is 14.8 Å². The summed E-state index contributed by atoms with van der Waals surface area (Å²) in [6.45, 7) is 2.26. The zero-order valence-electron chi connectivity index (χ0n) is 15.2. The molecule has 1 aromatic rings. The maximum absolute atomic E-state index is 14.1. The molecule has 2 saturated heterocycles. The van der Waals surface area contributed by atoms with Gasteiger partial charge in [-0.25, -0.2) is 17.8 Å². The minimum atomic E-state index is -3.95. The van der Waals surface area contributed by atoms with E-state index in [2.05, 4.69) is 5.43 Å². The highest BCUT2D eigenvalue weighted by atomic mass is 35.5. The first kappa shape index (κ1) is 20.5. The number of hydrogen-bond acceptors (Lipinski definition) is 4. The number of halogens is 2. The van der Waals surface area contributed by atoms with Gasteiger partial charge in [-0.2, -0.15) is 4.31 Å². The Morgan fingerprint density at radius 1 is 1.19 bits per heavy atom. The number of amides is 1. The summed E-state index contributed by atoms with van der Waals surface area (Å²) in [5.74, 6) is -1.01. The minimum Gasteiger partial charge on any atom is -0.289 e. The third-order valence-corrected chi connectivity index (χ3v) is 7.24. The third-order valence-electron chi connectivity index (χ3n) is 5.11. The Labute approximate surface area is 164 Å². The van der Waals surface area contributed by atoms with E-state index in [1.165, 1.54) is 22.9 Å². The van der Waals surface area contributed by atoms with Gasteiger partial charge in [0.1, 0.15) is 10.7 Å². The fraction of sp³-hybridized carbons (Fsp3) is 0.611. The van der Waals surface area contributed by atoms with Crippen molar-refractivity contribution < 1.29 is 17.6 Å². The molecule has 1 unspecified atom stereocenters. The van der Waals surface area contributed by atoms with E-state index in [0.29, 0.717) is 13.0 Å². The van der Waals surface area contributed by atoms with Crippen LogP contribution in [0.15, 0.2) is 23.1 Å². The van der Waals surface area contributed by atoms with Crippen molar-refractivity contribution >= 4 is 27.5 Å². The van der Waals surface area contributed by atoms with Crippen LogP contribution in [0.4, 0.5) is 4.39 Å². The van der Waals surface area contributed by atoms with Crippen LogP contribution in [0.25, 0.3) is 0 Å². The average Bonchev–Trinajstić information content (AvgIpc) is 2.62. The molecule has 0 spiro atoms. The van der Waals surface area contributed by atoms with Crippen molar-refractivity contribution in [1.82, 2.24) is 14.7 Å². The number of nitrogens with zero attached hydrogens (tertiary/aromatic N) is 2. The molecule has 2 aliphatic rings. The van der Waals surface area contributed by atoms with E-state index in [4.69, 9.17) is 11.6 Å². The van der Waals surface area contributed by atoms with E-state index >= 15 is 0 Å². The van der Waals surface area contributed by atoms with E-state index in [0.717, 1.165) is 38.4 Å². The monoisotopic (exact) mass is 417 g/mol.